The van der Waals surface area contributed by atoms with Gasteiger partial charge in [-0.25, -0.2) is 9.97 Å². The van der Waals surface area contributed by atoms with Crippen molar-refractivity contribution in [2.45, 2.75) is 19.4 Å². The summed E-state index contributed by atoms with van der Waals surface area (Å²) in [7, 11) is 0. The van der Waals surface area contributed by atoms with E-state index in [0.29, 0.717) is 24.3 Å². The molecule has 1 saturated heterocycles. The van der Waals surface area contributed by atoms with Crippen molar-refractivity contribution in [3.8, 4) is 11.3 Å². The van der Waals surface area contributed by atoms with Crippen LogP contribution in [0.4, 0.5) is 5.95 Å². The van der Waals surface area contributed by atoms with Crippen LogP contribution in [0, 0.1) is 5.92 Å². The summed E-state index contributed by atoms with van der Waals surface area (Å²) in [5.74, 6) is 1.45. The molecule has 134 valence electrons. The number of hydrogen-bond acceptors (Lipinski definition) is 5. The third-order valence-electron chi connectivity index (χ3n) is 5.05. The lowest BCUT2D eigenvalue weighted by atomic mass is 10.1. The lowest BCUT2D eigenvalue weighted by Crippen LogP contribution is -2.37. The van der Waals surface area contributed by atoms with Crippen molar-refractivity contribution in [1.29, 1.82) is 0 Å². The molecule has 26 heavy (non-hydrogen) atoms. The Bertz CT molecular complexity index is 946. The van der Waals surface area contributed by atoms with Crippen LogP contribution in [0.15, 0.2) is 30.5 Å². The normalized spacial score (nSPS) is 17.8. The molecular weight excluding hydrogens is 350 g/mol. The number of aromatic nitrogens is 4. The molecule has 2 aromatic heterocycles. The van der Waals surface area contributed by atoms with Crippen LogP contribution in [-0.2, 0) is 11.3 Å². The SMILES string of the molecule is Clc1cc(-c2ccc3cnn(CC4CC4)c3c2)nc(N2CCOCC2)n1. The molecule has 0 amide bonds. The van der Waals surface area contributed by atoms with Crippen LogP contribution in [0.1, 0.15) is 12.8 Å². The monoisotopic (exact) mass is 369 g/mol. The lowest BCUT2D eigenvalue weighted by molar-refractivity contribution is 0.122. The number of hydrogen-bond donors (Lipinski definition) is 0. The Morgan fingerprint density at radius 1 is 1.12 bits per heavy atom. The first-order valence-electron chi connectivity index (χ1n) is 9.09. The summed E-state index contributed by atoms with van der Waals surface area (Å²) < 4.78 is 7.53. The van der Waals surface area contributed by atoms with Gasteiger partial charge in [-0.2, -0.15) is 5.10 Å². The Kier molecular flexibility index (Phi) is 4.02. The third kappa shape index (κ3) is 3.15. The van der Waals surface area contributed by atoms with Crippen molar-refractivity contribution >= 4 is 28.5 Å². The van der Waals surface area contributed by atoms with Crippen molar-refractivity contribution in [2.75, 3.05) is 31.2 Å². The van der Waals surface area contributed by atoms with Gasteiger partial charge in [-0.1, -0.05) is 23.7 Å². The lowest BCUT2D eigenvalue weighted by Gasteiger charge is -2.27. The summed E-state index contributed by atoms with van der Waals surface area (Å²) in [6.07, 6.45) is 4.56. The first kappa shape index (κ1) is 16.0. The fraction of sp³-hybridized carbons (Fsp3) is 0.421. The molecule has 1 aliphatic heterocycles. The van der Waals surface area contributed by atoms with Crippen molar-refractivity contribution < 1.29 is 4.74 Å². The summed E-state index contributed by atoms with van der Waals surface area (Å²) in [6, 6.07) is 8.17. The molecule has 7 heteroatoms. The minimum Gasteiger partial charge on any atom is -0.378 e. The van der Waals surface area contributed by atoms with E-state index in [-0.39, 0.29) is 0 Å². The van der Waals surface area contributed by atoms with Crippen LogP contribution < -0.4 is 4.90 Å². The van der Waals surface area contributed by atoms with Crippen molar-refractivity contribution in [3.05, 3.63) is 35.6 Å². The van der Waals surface area contributed by atoms with Crippen LogP contribution in [0.3, 0.4) is 0 Å². The highest BCUT2D eigenvalue weighted by molar-refractivity contribution is 6.29. The van der Waals surface area contributed by atoms with Crippen LogP contribution in [-0.4, -0.2) is 46.1 Å². The van der Waals surface area contributed by atoms with Gasteiger partial charge in [0.1, 0.15) is 5.15 Å². The maximum atomic E-state index is 6.30. The van der Waals surface area contributed by atoms with E-state index in [1.54, 1.807) is 0 Å². The van der Waals surface area contributed by atoms with E-state index in [4.69, 9.17) is 21.3 Å². The number of benzene rings is 1. The standard InChI is InChI=1S/C19H20ClN5O/c20-18-10-16(22-19(23-18)24-5-7-26-8-6-24)14-3-4-15-11-21-25(17(15)9-14)12-13-1-2-13/h3-4,9-11,13H,1-2,5-8,12H2. The molecule has 5 rings (SSSR count). The molecule has 0 unspecified atom stereocenters. The fourth-order valence-corrected chi connectivity index (χ4v) is 3.56. The molecule has 3 heterocycles. The zero-order chi connectivity index (χ0) is 17.5. The fourth-order valence-electron chi connectivity index (χ4n) is 3.38. The molecule has 0 bridgehead atoms. The summed E-state index contributed by atoms with van der Waals surface area (Å²) in [5.41, 5.74) is 3.03. The van der Waals surface area contributed by atoms with Gasteiger partial charge in [0, 0.05) is 36.7 Å². The molecule has 3 aromatic rings. The second-order valence-corrected chi connectivity index (χ2v) is 7.41. The first-order chi connectivity index (χ1) is 12.8. The minimum absolute atomic E-state index is 0.461. The smallest absolute Gasteiger partial charge is 0.227 e. The van der Waals surface area contributed by atoms with Gasteiger partial charge < -0.3 is 9.64 Å². The van der Waals surface area contributed by atoms with Crippen LogP contribution in [0.2, 0.25) is 5.15 Å². The number of rotatable bonds is 4. The predicted molar refractivity (Wildman–Crippen MR) is 102 cm³/mol. The van der Waals surface area contributed by atoms with Crippen LogP contribution in [0.25, 0.3) is 22.2 Å². The number of nitrogens with zero attached hydrogens (tertiary/aromatic N) is 5. The molecule has 1 aromatic carbocycles. The van der Waals surface area contributed by atoms with Gasteiger partial charge in [0.15, 0.2) is 0 Å². The Morgan fingerprint density at radius 3 is 2.77 bits per heavy atom. The quantitative estimate of drug-likeness (QED) is 0.660. The van der Waals surface area contributed by atoms with Gasteiger partial charge in [0.2, 0.25) is 5.95 Å². The first-order valence-corrected chi connectivity index (χ1v) is 9.47. The highest BCUT2D eigenvalue weighted by Gasteiger charge is 2.23. The molecule has 0 N–H and O–H groups in total. The minimum atomic E-state index is 0.461. The third-order valence-corrected chi connectivity index (χ3v) is 5.24. The Hall–Kier alpha value is -2.18. The van der Waals surface area contributed by atoms with Gasteiger partial charge >= 0.3 is 0 Å². The molecule has 1 saturated carbocycles. The van der Waals surface area contributed by atoms with Gasteiger partial charge in [0.25, 0.3) is 0 Å². The number of fused-ring (bicyclic) bond motifs is 1. The van der Waals surface area contributed by atoms with Gasteiger partial charge in [-0.3, -0.25) is 4.68 Å². The Balaban J connectivity index is 1.52. The summed E-state index contributed by atoms with van der Waals surface area (Å²) in [4.78, 5) is 11.3. The van der Waals surface area contributed by atoms with Gasteiger partial charge in [0.05, 0.1) is 30.6 Å². The molecule has 2 fully saturated rings. The molecular formula is C19H20ClN5O. The van der Waals surface area contributed by atoms with Crippen LogP contribution >= 0.6 is 11.6 Å². The molecule has 2 aliphatic rings. The van der Waals surface area contributed by atoms with E-state index in [0.717, 1.165) is 47.7 Å². The van der Waals surface area contributed by atoms with E-state index in [2.05, 4.69) is 37.9 Å². The van der Waals surface area contributed by atoms with E-state index in [9.17, 15) is 0 Å². The molecule has 1 aliphatic carbocycles. The van der Waals surface area contributed by atoms with Crippen molar-refractivity contribution in [3.63, 3.8) is 0 Å². The van der Waals surface area contributed by atoms with E-state index in [1.807, 2.05) is 12.3 Å². The Labute approximate surface area is 156 Å². The average molecular weight is 370 g/mol. The predicted octanol–water partition coefficient (Wildman–Crippen LogP) is 3.39. The topological polar surface area (TPSA) is 56.1 Å². The van der Waals surface area contributed by atoms with Crippen molar-refractivity contribution in [2.24, 2.45) is 5.92 Å². The summed E-state index contributed by atoms with van der Waals surface area (Å²) in [6.45, 7) is 3.95. The largest absolute Gasteiger partial charge is 0.378 e. The zero-order valence-electron chi connectivity index (χ0n) is 14.4. The number of halogens is 1. The summed E-state index contributed by atoms with van der Waals surface area (Å²) >= 11 is 6.30. The molecule has 6 nitrogen and oxygen atoms in total. The Morgan fingerprint density at radius 2 is 1.96 bits per heavy atom. The van der Waals surface area contributed by atoms with Crippen LogP contribution in [0.5, 0.6) is 0 Å². The van der Waals surface area contributed by atoms with E-state index < -0.39 is 0 Å². The second-order valence-electron chi connectivity index (χ2n) is 7.02. The number of morpholine rings is 1. The number of ether oxygens (including phenoxy) is 1. The van der Waals surface area contributed by atoms with Gasteiger partial charge in [-0.05, 0) is 24.8 Å². The average Bonchev–Trinajstić information content (AvgIpc) is 3.41. The van der Waals surface area contributed by atoms with Gasteiger partial charge in [-0.15, -0.1) is 0 Å². The zero-order valence-corrected chi connectivity index (χ0v) is 15.2. The second kappa shape index (κ2) is 6.52. The molecule has 0 radical (unpaired) electrons. The maximum Gasteiger partial charge on any atom is 0.227 e. The van der Waals surface area contributed by atoms with E-state index >= 15 is 0 Å². The highest BCUT2D eigenvalue weighted by atomic mass is 35.5. The summed E-state index contributed by atoms with van der Waals surface area (Å²) in [5, 5.41) is 6.17. The maximum absolute atomic E-state index is 6.30. The molecule has 0 atom stereocenters. The molecule has 0 spiro atoms. The number of anilines is 1. The highest BCUT2D eigenvalue weighted by Crippen LogP contribution is 2.32. The van der Waals surface area contributed by atoms with E-state index in [1.165, 1.54) is 12.8 Å². The van der Waals surface area contributed by atoms with Crippen molar-refractivity contribution in [1.82, 2.24) is 19.7 Å².